The van der Waals surface area contributed by atoms with Crippen LogP contribution in [-0.4, -0.2) is 40.2 Å². The first kappa shape index (κ1) is 14.7. The lowest BCUT2D eigenvalue weighted by molar-refractivity contribution is 0.113. The number of hydrogen-bond acceptors (Lipinski definition) is 6. The molecular formula is C15H22N4OS. The van der Waals surface area contributed by atoms with Gasteiger partial charge in [0.1, 0.15) is 0 Å². The molecule has 21 heavy (non-hydrogen) atoms. The Balaban J connectivity index is 1.69. The Morgan fingerprint density at radius 2 is 2.33 bits per heavy atom. The van der Waals surface area contributed by atoms with E-state index in [9.17, 15) is 0 Å². The average molecular weight is 306 g/mol. The van der Waals surface area contributed by atoms with E-state index in [1.165, 1.54) is 0 Å². The fourth-order valence-electron chi connectivity index (χ4n) is 2.80. The second-order valence-corrected chi connectivity index (χ2v) is 6.45. The van der Waals surface area contributed by atoms with Gasteiger partial charge in [0.2, 0.25) is 0 Å². The van der Waals surface area contributed by atoms with Gasteiger partial charge in [0.25, 0.3) is 5.89 Å². The van der Waals surface area contributed by atoms with E-state index in [4.69, 9.17) is 4.52 Å². The molecule has 0 aromatic carbocycles. The summed E-state index contributed by atoms with van der Waals surface area (Å²) in [6.07, 6.45) is 2.29. The van der Waals surface area contributed by atoms with E-state index in [0.717, 1.165) is 43.2 Å². The van der Waals surface area contributed by atoms with Crippen molar-refractivity contribution in [2.75, 3.05) is 13.1 Å². The van der Waals surface area contributed by atoms with Crippen LogP contribution in [0.4, 0.5) is 0 Å². The fraction of sp³-hybridized carbons (Fsp3) is 0.600. The predicted octanol–water partition coefficient (Wildman–Crippen LogP) is 2.76. The molecule has 6 heteroatoms. The van der Waals surface area contributed by atoms with Crippen LogP contribution in [0.25, 0.3) is 10.8 Å². The van der Waals surface area contributed by atoms with Crippen LogP contribution < -0.4 is 5.32 Å². The molecule has 5 nitrogen and oxygen atoms in total. The van der Waals surface area contributed by atoms with Crippen molar-refractivity contribution in [1.82, 2.24) is 20.4 Å². The third-order valence-electron chi connectivity index (χ3n) is 4.12. The smallest absolute Gasteiger partial charge is 0.268 e. The molecule has 2 aromatic rings. The Bertz CT molecular complexity index is 554. The van der Waals surface area contributed by atoms with Gasteiger partial charge in [0, 0.05) is 25.2 Å². The first-order chi connectivity index (χ1) is 10.3. The molecule has 0 saturated carbocycles. The minimum absolute atomic E-state index is 0.552. The highest BCUT2D eigenvalue weighted by Crippen LogP contribution is 2.23. The quantitative estimate of drug-likeness (QED) is 0.920. The predicted molar refractivity (Wildman–Crippen MR) is 84.2 cm³/mol. The van der Waals surface area contributed by atoms with Crippen molar-refractivity contribution in [3.05, 3.63) is 23.3 Å². The van der Waals surface area contributed by atoms with Crippen molar-refractivity contribution in [3.63, 3.8) is 0 Å². The minimum atomic E-state index is 0.552. The number of piperazine rings is 1. The molecule has 1 aliphatic rings. The molecule has 1 N–H and O–H groups in total. The third-order valence-corrected chi connectivity index (χ3v) is 4.98. The van der Waals surface area contributed by atoms with E-state index in [-0.39, 0.29) is 0 Å². The molecule has 2 unspecified atom stereocenters. The molecule has 1 fully saturated rings. The fourth-order valence-corrected chi connectivity index (χ4v) is 3.44. The van der Waals surface area contributed by atoms with Crippen LogP contribution in [0.2, 0.25) is 0 Å². The molecule has 3 heterocycles. The highest BCUT2D eigenvalue weighted by Gasteiger charge is 2.27. The van der Waals surface area contributed by atoms with Gasteiger partial charge in [0.05, 0.1) is 11.4 Å². The first-order valence-electron chi connectivity index (χ1n) is 7.64. The number of aromatic nitrogens is 2. The average Bonchev–Trinajstić information content (AvgIpc) is 3.18. The Hall–Kier alpha value is -1.24. The second kappa shape index (κ2) is 6.68. The lowest BCUT2D eigenvalue weighted by Crippen LogP contribution is -2.55. The van der Waals surface area contributed by atoms with Gasteiger partial charge in [-0.3, -0.25) is 4.90 Å². The van der Waals surface area contributed by atoms with E-state index in [0.29, 0.717) is 18.0 Å². The van der Waals surface area contributed by atoms with E-state index in [1.54, 1.807) is 11.3 Å². The van der Waals surface area contributed by atoms with Gasteiger partial charge in [-0.25, -0.2) is 0 Å². The Morgan fingerprint density at radius 3 is 3.05 bits per heavy atom. The maximum atomic E-state index is 5.38. The molecule has 0 spiro atoms. The van der Waals surface area contributed by atoms with Gasteiger partial charge in [0.15, 0.2) is 5.82 Å². The van der Waals surface area contributed by atoms with E-state index in [2.05, 4.69) is 34.2 Å². The molecule has 1 saturated heterocycles. The molecule has 114 valence electrons. The zero-order chi connectivity index (χ0) is 14.7. The topological polar surface area (TPSA) is 54.2 Å². The van der Waals surface area contributed by atoms with Crippen molar-refractivity contribution >= 4 is 11.3 Å². The highest BCUT2D eigenvalue weighted by atomic mass is 32.1. The SMILES string of the molecule is CCC1CN(Cc2noc(-c3cccs3)n2)C(CC)CN1. The van der Waals surface area contributed by atoms with Crippen molar-refractivity contribution in [2.24, 2.45) is 0 Å². The highest BCUT2D eigenvalue weighted by molar-refractivity contribution is 7.13. The second-order valence-electron chi connectivity index (χ2n) is 5.50. The van der Waals surface area contributed by atoms with Crippen molar-refractivity contribution in [1.29, 1.82) is 0 Å². The van der Waals surface area contributed by atoms with Crippen LogP contribution in [0.15, 0.2) is 22.0 Å². The Kier molecular flexibility index (Phi) is 4.67. The number of nitrogens with zero attached hydrogens (tertiary/aromatic N) is 3. The summed E-state index contributed by atoms with van der Waals surface area (Å²) in [6.45, 7) is 7.33. The summed E-state index contributed by atoms with van der Waals surface area (Å²) in [5.41, 5.74) is 0. The van der Waals surface area contributed by atoms with Crippen molar-refractivity contribution < 1.29 is 4.52 Å². The van der Waals surface area contributed by atoms with Gasteiger partial charge in [-0.15, -0.1) is 11.3 Å². The summed E-state index contributed by atoms with van der Waals surface area (Å²) >= 11 is 1.62. The number of rotatable bonds is 5. The molecule has 0 bridgehead atoms. The lowest BCUT2D eigenvalue weighted by Gasteiger charge is -2.39. The number of hydrogen-bond donors (Lipinski definition) is 1. The molecule has 2 aromatic heterocycles. The van der Waals surface area contributed by atoms with E-state index < -0.39 is 0 Å². The molecule has 0 radical (unpaired) electrons. The zero-order valence-corrected chi connectivity index (χ0v) is 13.4. The molecule has 0 amide bonds. The maximum Gasteiger partial charge on any atom is 0.268 e. The summed E-state index contributed by atoms with van der Waals surface area (Å²) in [7, 11) is 0. The minimum Gasteiger partial charge on any atom is -0.333 e. The lowest BCUT2D eigenvalue weighted by atomic mass is 10.1. The number of thiophene rings is 1. The van der Waals surface area contributed by atoms with Gasteiger partial charge in [-0.1, -0.05) is 25.1 Å². The van der Waals surface area contributed by atoms with Gasteiger partial charge < -0.3 is 9.84 Å². The normalized spacial score (nSPS) is 23.5. The van der Waals surface area contributed by atoms with Crippen molar-refractivity contribution in [2.45, 2.75) is 45.3 Å². The molecule has 3 rings (SSSR count). The summed E-state index contributed by atoms with van der Waals surface area (Å²) in [6, 6.07) is 5.13. The third kappa shape index (κ3) is 3.33. The molecular weight excluding hydrogens is 284 g/mol. The summed E-state index contributed by atoms with van der Waals surface area (Å²) < 4.78 is 5.38. The molecule has 0 aliphatic carbocycles. The monoisotopic (exact) mass is 306 g/mol. The van der Waals surface area contributed by atoms with Crippen LogP contribution in [0.5, 0.6) is 0 Å². The largest absolute Gasteiger partial charge is 0.333 e. The zero-order valence-electron chi connectivity index (χ0n) is 12.6. The van der Waals surface area contributed by atoms with Crippen LogP contribution >= 0.6 is 11.3 Å². The molecule has 2 atom stereocenters. The van der Waals surface area contributed by atoms with Crippen molar-refractivity contribution in [3.8, 4) is 10.8 Å². The summed E-state index contributed by atoms with van der Waals surface area (Å²) in [5.74, 6) is 1.42. The van der Waals surface area contributed by atoms with Gasteiger partial charge in [-0.05, 0) is 24.3 Å². The first-order valence-corrected chi connectivity index (χ1v) is 8.52. The molecule has 1 aliphatic heterocycles. The van der Waals surface area contributed by atoms with Gasteiger partial charge in [-0.2, -0.15) is 4.98 Å². The Morgan fingerprint density at radius 1 is 1.43 bits per heavy atom. The van der Waals surface area contributed by atoms with Crippen LogP contribution in [0.1, 0.15) is 32.5 Å². The Labute approximate surface area is 129 Å². The summed E-state index contributed by atoms with van der Waals surface area (Å²) in [4.78, 5) is 8.05. The van der Waals surface area contributed by atoms with Crippen LogP contribution in [-0.2, 0) is 6.54 Å². The van der Waals surface area contributed by atoms with E-state index >= 15 is 0 Å². The van der Waals surface area contributed by atoms with E-state index in [1.807, 2.05) is 17.5 Å². The van der Waals surface area contributed by atoms with Crippen LogP contribution in [0, 0.1) is 0 Å². The van der Waals surface area contributed by atoms with Gasteiger partial charge >= 0.3 is 0 Å². The van der Waals surface area contributed by atoms with Crippen LogP contribution in [0.3, 0.4) is 0 Å². The standard InChI is InChI=1S/C15H22N4OS/c1-3-11-9-19(12(4-2)8-16-11)10-14-17-15(20-18-14)13-6-5-7-21-13/h5-7,11-12,16H,3-4,8-10H2,1-2H3. The number of nitrogens with one attached hydrogen (secondary N) is 1. The summed E-state index contributed by atoms with van der Waals surface area (Å²) in [5, 5.41) is 9.78. The maximum absolute atomic E-state index is 5.38.